The molecule has 0 rings (SSSR count). The average Bonchev–Trinajstić information content (AvgIpc) is 2.21. The maximum absolute atomic E-state index is 8.79. The molecule has 0 radical (unpaired) electrons. The predicted molar refractivity (Wildman–Crippen MR) is 72.5 cm³/mol. The van der Waals surface area contributed by atoms with E-state index in [4.69, 9.17) is 11.0 Å². The van der Waals surface area contributed by atoms with Crippen molar-refractivity contribution in [2.45, 2.75) is 27.7 Å². The van der Waals surface area contributed by atoms with Crippen molar-refractivity contribution in [3.63, 3.8) is 0 Å². The van der Waals surface area contributed by atoms with Gasteiger partial charge in [-0.05, 0) is 20.0 Å². The minimum absolute atomic E-state index is 0.102. The molecule has 0 atom stereocenters. The molecule has 0 bridgehead atoms. The van der Waals surface area contributed by atoms with E-state index in [1.807, 2.05) is 25.1 Å². The van der Waals surface area contributed by atoms with Crippen LogP contribution in [0.5, 0.6) is 0 Å². The van der Waals surface area contributed by atoms with E-state index in [1.165, 1.54) is 0 Å². The Bertz CT molecular complexity index is 400. The van der Waals surface area contributed by atoms with Crippen molar-refractivity contribution in [1.82, 2.24) is 5.32 Å². The number of nitrogens with two attached hydrogens (primary N) is 1. The lowest BCUT2D eigenvalue weighted by Gasteiger charge is -2.14. The van der Waals surface area contributed by atoms with Crippen molar-refractivity contribution in [1.29, 1.82) is 5.26 Å². The number of nitriles is 1. The molecule has 0 aromatic rings. The Morgan fingerprint density at radius 1 is 1.35 bits per heavy atom. The molecular weight excluding hydrogens is 210 g/mol. The van der Waals surface area contributed by atoms with Crippen LogP contribution in [0.4, 0.5) is 0 Å². The van der Waals surface area contributed by atoms with Crippen LogP contribution < -0.4 is 11.1 Å². The van der Waals surface area contributed by atoms with E-state index < -0.39 is 0 Å². The molecule has 3 N–H and O–H groups in total. The summed E-state index contributed by atoms with van der Waals surface area (Å²) in [5.74, 6) is 0. The van der Waals surface area contributed by atoms with Gasteiger partial charge in [-0.25, -0.2) is 0 Å². The van der Waals surface area contributed by atoms with Crippen LogP contribution in [-0.4, -0.2) is 0 Å². The van der Waals surface area contributed by atoms with Crippen LogP contribution in [0.3, 0.4) is 0 Å². The van der Waals surface area contributed by atoms with Gasteiger partial charge in [0.1, 0.15) is 11.8 Å². The summed E-state index contributed by atoms with van der Waals surface area (Å²) >= 11 is 0. The fourth-order valence-electron chi connectivity index (χ4n) is 0.987. The summed E-state index contributed by atoms with van der Waals surface area (Å²) in [6.07, 6.45) is 7.72. The highest BCUT2D eigenvalue weighted by molar-refractivity contribution is 5.25. The summed E-state index contributed by atoms with van der Waals surface area (Å²) in [5, 5.41) is 11.7. The van der Waals surface area contributed by atoms with Crippen LogP contribution in [0, 0.1) is 16.7 Å². The zero-order chi connectivity index (χ0) is 13.5. The Hall–Kier alpha value is -1.95. The number of rotatable bonds is 5. The molecule has 92 valence electrons. The van der Waals surface area contributed by atoms with E-state index in [1.54, 1.807) is 13.1 Å². The zero-order valence-corrected chi connectivity index (χ0v) is 11.0. The number of allylic oxidation sites excluding steroid dienone is 6. The van der Waals surface area contributed by atoms with E-state index in [2.05, 4.69) is 31.8 Å². The van der Waals surface area contributed by atoms with Gasteiger partial charge in [0.05, 0.1) is 0 Å². The molecule has 0 heterocycles. The fraction of sp³-hybridized carbons (Fsp3) is 0.357. The lowest BCUT2D eigenvalue weighted by molar-refractivity contribution is 0.621. The highest BCUT2D eigenvalue weighted by atomic mass is 14.9. The third-order valence-electron chi connectivity index (χ3n) is 2.04. The Kier molecular flexibility index (Phi) is 5.84. The second kappa shape index (κ2) is 6.59. The average molecular weight is 231 g/mol. The van der Waals surface area contributed by atoms with Crippen LogP contribution in [-0.2, 0) is 0 Å². The quantitative estimate of drug-likeness (QED) is 0.565. The maximum Gasteiger partial charge on any atom is 0.136 e. The Labute approximate surface area is 104 Å². The van der Waals surface area contributed by atoms with E-state index in [-0.39, 0.29) is 5.41 Å². The monoisotopic (exact) mass is 231 g/mol. The molecule has 0 aromatic carbocycles. The molecule has 0 amide bonds. The van der Waals surface area contributed by atoms with E-state index in [9.17, 15) is 0 Å². The Morgan fingerprint density at radius 3 is 2.35 bits per heavy atom. The Morgan fingerprint density at radius 2 is 1.94 bits per heavy atom. The highest BCUT2D eigenvalue weighted by Gasteiger charge is 2.08. The van der Waals surface area contributed by atoms with Crippen molar-refractivity contribution >= 4 is 0 Å². The summed E-state index contributed by atoms with van der Waals surface area (Å²) in [7, 11) is 0. The molecule has 0 fully saturated rings. The molecule has 3 heteroatoms. The number of hydrogen-bond acceptors (Lipinski definition) is 3. The van der Waals surface area contributed by atoms with Crippen LogP contribution in [0.2, 0.25) is 0 Å². The SMILES string of the molecule is C=C(C)/C=C\C(C)(C)/C=C\N/C(C#N)=C(/C)N. The molecule has 0 unspecified atom stereocenters. The van der Waals surface area contributed by atoms with Crippen molar-refractivity contribution in [2.24, 2.45) is 11.1 Å². The molecule has 3 nitrogen and oxygen atoms in total. The maximum atomic E-state index is 8.79. The van der Waals surface area contributed by atoms with Crippen molar-refractivity contribution in [3.05, 3.63) is 48.0 Å². The first kappa shape index (κ1) is 15.0. The van der Waals surface area contributed by atoms with Crippen LogP contribution >= 0.6 is 0 Å². The predicted octanol–water partition coefficient (Wildman–Crippen LogP) is 2.96. The summed E-state index contributed by atoms with van der Waals surface area (Å²) < 4.78 is 0. The summed E-state index contributed by atoms with van der Waals surface area (Å²) in [6, 6.07) is 2.00. The molecule has 0 aliphatic heterocycles. The van der Waals surface area contributed by atoms with Gasteiger partial charge in [-0.1, -0.05) is 44.2 Å². The fourth-order valence-corrected chi connectivity index (χ4v) is 0.987. The first-order valence-corrected chi connectivity index (χ1v) is 5.44. The van der Waals surface area contributed by atoms with Crippen LogP contribution in [0.25, 0.3) is 0 Å². The highest BCUT2D eigenvalue weighted by Crippen LogP contribution is 2.19. The van der Waals surface area contributed by atoms with E-state index >= 15 is 0 Å². The molecule has 0 saturated carbocycles. The summed E-state index contributed by atoms with van der Waals surface area (Å²) in [4.78, 5) is 0. The van der Waals surface area contributed by atoms with Gasteiger partial charge in [0.25, 0.3) is 0 Å². The first-order chi connectivity index (χ1) is 7.78. The second-order valence-corrected chi connectivity index (χ2v) is 4.65. The number of hydrogen-bond donors (Lipinski definition) is 2. The number of nitrogens with one attached hydrogen (secondary N) is 1. The standard InChI is InChI=1S/C14H21N3/c1-11(2)6-7-14(4,5)8-9-17-13(10-15)12(3)16/h6-9,17H,1,16H2,2-5H3/b7-6-,9-8-,13-12-. The third kappa shape index (κ3) is 7.02. The van der Waals surface area contributed by atoms with Gasteiger partial charge in [0, 0.05) is 11.1 Å². The van der Waals surface area contributed by atoms with Gasteiger partial charge in [-0.2, -0.15) is 5.26 Å². The van der Waals surface area contributed by atoms with Gasteiger partial charge in [0.15, 0.2) is 0 Å². The first-order valence-electron chi connectivity index (χ1n) is 5.44. The Balaban J connectivity index is 4.59. The molecular formula is C14H21N3. The van der Waals surface area contributed by atoms with Gasteiger partial charge >= 0.3 is 0 Å². The zero-order valence-electron chi connectivity index (χ0n) is 11.0. The van der Waals surface area contributed by atoms with Crippen molar-refractivity contribution < 1.29 is 0 Å². The van der Waals surface area contributed by atoms with Crippen LogP contribution in [0.1, 0.15) is 27.7 Å². The van der Waals surface area contributed by atoms with Gasteiger partial charge in [-0.15, -0.1) is 0 Å². The summed E-state index contributed by atoms with van der Waals surface area (Å²) in [5.41, 5.74) is 7.29. The molecule has 0 aliphatic carbocycles. The van der Waals surface area contributed by atoms with Gasteiger partial charge < -0.3 is 11.1 Å². The van der Waals surface area contributed by atoms with Crippen molar-refractivity contribution in [3.8, 4) is 6.07 Å². The van der Waals surface area contributed by atoms with Crippen molar-refractivity contribution in [2.75, 3.05) is 0 Å². The van der Waals surface area contributed by atoms with Crippen LogP contribution in [0.15, 0.2) is 48.0 Å². The minimum atomic E-state index is -0.102. The molecule has 0 aromatic heterocycles. The lowest BCUT2D eigenvalue weighted by atomic mass is 9.92. The van der Waals surface area contributed by atoms with E-state index in [0.29, 0.717) is 11.4 Å². The van der Waals surface area contributed by atoms with Gasteiger partial charge in [0.2, 0.25) is 0 Å². The molecule has 17 heavy (non-hydrogen) atoms. The van der Waals surface area contributed by atoms with Gasteiger partial charge in [-0.3, -0.25) is 0 Å². The molecule has 0 aliphatic rings. The minimum Gasteiger partial charge on any atom is -0.400 e. The molecule has 0 spiro atoms. The number of nitrogens with zero attached hydrogens (tertiary/aromatic N) is 1. The van der Waals surface area contributed by atoms with E-state index in [0.717, 1.165) is 5.57 Å². The normalized spacial score (nSPS) is 13.6. The molecule has 0 saturated heterocycles. The lowest BCUT2D eigenvalue weighted by Crippen LogP contribution is -2.12. The topological polar surface area (TPSA) is 61.8 Å². The smallest absolute Gasteiger partial charge is 0.136 e. The summed E-state index contributed by atoms with van der Waals surface area (Å²) in [6.45, 7) is 11.6. The largest absolute Gasteiger partial charge is 0.400 e. The third-order valence-corrected chi connectivity index (χ3v) is 2.04. The second-order valence-electron chi connectivity index (χ2n) is 4.65.